The summed E-state index contributed by atoms with van der Waals surface area (Å²) >= 11 is 0. The molecule has 5 nitrogen and oxygen atoms in total. The summed E-state index contributed by atoms with van der Waals surface area (Å²) in [7, 11) is 0. The highest BCUT2D eigenvalue weighted by molar-refractivity contribution is 5.90. The minimum absolute atomic E-state index is 0.0629. The zero-order valence-corrected chi connectivity index (χ0v) is 12.8. The van der Waals surface area contributed by atoms with E-state index in [1.54, 1.807) is 6.07 Å². The van der Waals surface area contributed by atoms with E-state index in [0.29, 0.717) is 5.69 Å². The van der Waals surface area contributed by atoms with Crippen LogP contribution in [-0.2, 0) is 6.54 Å². The Morgan fingerprint density at radius 2 is 1.88 bits per heavy atom. The van der Waals surface area contributed by atoms with Crippen molar-refractivity contribution in [2.45, 2.75) is 6.54 Å². The van der Waals surface area contributed by atoms with Gasteiger partial charge in [0, 0.05) is 29.9 Å². The average Bonchev–Trinajstić information content (AvgIpc) is 3.24. The summed E-state index contributed by atoms with van der Waals surface area (Å²) in [5, 5.41) is 5.11. The maximum atomic E-state index is 11.1. The van der Waals surface area contributed by atoms with E-state index in [9.17, 15) is 4.79 Å². The summed E-state index contributed by atoms with van der Waals surface area (Å²) in [5.41, 5.74) is 9.05. The third-order valence-corrected chi connectivity index (χ3v) is 4.04. The number of aromatic nitrogens is 2. The zero-order chi connectivity index (χ0) is 16.5. The van der Waals surface area contributed by atoms with Gasteiger partial charge in [-0.1, -0.05) is 47.6 Å². The minimum Gasteiger partial charge on any atom is -0.363 e. The third kappa shape index (κ3) is 2.56. The number of carbonyl (C=O) groups is 1. The smallest absolute Gasteiger partial charge is 0.287 e. The lowest BCUT2D eigenvalue weighted by Crippen LogP contribution is -2.09. The van der Waals surface area contributed by atoms with Crippen LogP contribution in [0.5, 0.6) is 0 Å². The second kappa shape index (κ2) is 5.70. The maximum absolute atomic E-state index is 11.1. The predicted molar refractivity (Wildman–Crippen MR) is 91.5 cm³/mol. The molecule has 0 aliphatic carbocycles. The van der Waals surface area contributed by atoms with Crippen LogP contribution in [0.25, 0.3) is 22.2 Å². The first-order valence-electron chi connectivity index (χ1n) is 7.60. The SMILES string of the molecule is NC(=O)c1cc(-c2ccc(Cn3ccc4ccccc43)cc2)no1. The van der Waals surface area contributed by atoms with Gasteiger partial charge in [0.1, 0.15) is 5.69 Å². The number of hydrogen-bond donors (Lipinski definition) is 1. The van der Waals surface area contributed by atoms with Crippen LogP contribution in [0.4, 0.5) is 0 Å². The quantitative estimate of drug-likeness (QED) is 0.626. The van der Waals surface area contributed by atoms with Gasteiger partial charge in [-0.3, -0.25) is 4.79 Å². The van der Waals surface area contributed by atoms with Gasteiger partial charge in [0.15, 0.2) is 0 Å². The number of carbonyl (C=O) groups excluding carboxylic acids is 1. The molecule has 4 rings (SSSR count). The molecule has 2 aromatic heterocycles. The van der Waals surface area contributed by atoms with Crippen molar-refractivity contribution in [2.24, 2.45) is 5.73 Å². The number of benzene rings is 2. The van der Waals surface area contributed by atoms with E-state index in [0.717, 1.165) is 12.1 Å². The molecule has 0 radical (unpaired) electrons. The van der Waals surface area contributed by atoms with Gasteiger partial charge in [-0.2, -0.15) is 0 Å². The molecule has 2 N–H and O–H groups in total. The van der Waals surface area contributed by atoms with E-state index in [1.165, 1.54) is 16.5 Å². The molecule has 2 aromatic carbocycles. The molecule has 24 heavy (non-hydrogen) atoms. The second-order valence-corrected chi connectivity index (χ2v) is 5.64. The highest BCUT2D eigenvalue weighted by Gasteiger charge is 2.10. The molecule has 0 aliphatic rings. The summed E-state index contributed by atoms with van der Waals surface area (Å²) in [6.45, 7) is 0.791. The van der Waals surface area contributed by atoms with Gasteiger partial charge in [-0.05, 0) is 23.1 Å². The molecule has 4 aromatic rings. The molecule has 0 atom stereocenters. The Balaban J connectivity index is 1.58. The van der Waals surface area contributed by atoms with Gasteiger partial charge >= 0.3 is 0 Å². The van der Waals surface area contributed by atoms with Crippen LogP contribution in [0, 0.1) is 0 Å². The lowest BCUT2D eigenvalue weighted by molar-refractivity contribution is 0.0965. The van der Waals surface area contributed by atoms with E-state index in [4.69, 9.17) is 10.3 Å². The van der Waals surface area contributed by atoms with Crippen molar-refractivity contribution in [1.29, 1.82) is 0 Å². The monoisotopic (exact) mass is 317 g/mol. The number of fused-ring (bicyclic) bond motifs is 1. The first-order valence-corrected chi connectivity index (χ1v) is 7.60. The Morgan fingerprint density at radius 1 is 1.08 bits per heavy atom. The molecule has 5 heteroatoms. The Morgan fingerprint density at radius 3 is 2.62 bits per heavy atom. The first kappa shape index (κ1) is 14.3. The van der Waals surface area contributed by atoms with Crippen molar-refractivity contribution in [2.75, 3.05) is 0 Å². The Hall–Kier alpha value is -3.34. The van der Waals surface area contributed by atoms with Crippen molar-refractivity contribution in [1.82, 2.24) is 9.72 Å². The number of nitrogens with zero attached hydrogens (tertiary/aromatic N) is 2. The average molecular weight is 317 g/mol. The molecule has 0 fully saturated rings. The summed E-state index contributed by atoms with van der Waals surface area (Å²) in [4.78, 5) is 11.1. The zero-order valence-electron chi connectivity index (χ0n) is 12.8. The van der Waals surface area contributed by atoms with Gasteiger partial charge in [-0.15, -0.1) is 0 Å². The van der Waals surface area contributed by atoms with E-state index in [1.807, 2.05) is 36.4 Å². The molecule has 1 amide bonds. The van der Waals surface area contributed by atoms with Crippen molar-refractivity contribution < 1.29 is 9.32 Å². The van der Waals surface area contributed by atoms with Crippen molar-refractivity contribution in [3.05, 3.63) is 78.2 Å². The molecule has 118 valence electrons. The fraction of sp³-hybridized carbons (Fsp3) is 0.0526. The molecule has 0 spiro atoms. The van der Waals surface area contributed by atoms with Crippen LogP contribution < -0.4 is 5.73 Å². The van der Waals surface area contributed by atoms with Gasteiger partial charge in [0.2, 0.25) is 5.76 Å². The number of amides is 1. The van der Waals surface area contributed by atoms with Crippen LogP contribution in [0.1, 0.15) is 16.1 Å². The molecule has 2 heterocycles. The van der Waals surface area contributed by atoms with Crippen LogP contribution in [0.2, 0.25) is 0 Å². The molecule has 0 bridgehead atoms. The van der Waals surface area contributed by atoms with Gasteiger partial charge in [0.25, 0.3) is 5.91 Å². The van der Waals surface area contributed by atoms with Crippen molar-refractivity contribution in [3.63, 3.8) is 0 Å². The topological polar surface area (TPSA) is 74.1 Å². The summed E-state index contributed by atoms with van der Waals surface area (Å²) in [5.74, 6) is -0.558. The number of para-hydroxylation sites is 1. The number of nitrogens with two attached hydrogens (primary N) is 1. The Kier molecular flexibility index (Phi) is 3.39. The third-order valence-electron chi connectivity index (χ3n) is 4.04. The molecule has 0 aliphatic heterocycles. The fourth-order valence-electron chi connectivity index (χ4n) is 2.78. The number of hydrogen-bond acceptors (Lipinski definition) is 3. The van der Waals surface area contributed by atoms with Crippen LogP contribution >= 0.6 is 0 Å². The highest BCUT2D eigenvalue weighted by Crippen LogP contribution is 2.21. The molecule has 0 saturated carbocycles. The van der Waals surface area contributed by atoms with Gasteiger partial charge in [0.05, 0.1) is 0 Å². The standard InChI is InChI=1S/C19H15N3O2/c20-19(23)18-11-16(21-24-18)14-7-5-13(6-8-14)12-22-10-9-15-3-1-2-4-17(15)22/h1-11H,12H2,(H2,20,23). The first-order chi connectivity index (χ1) is 11.7. The predicted octanol–water partition coefficient (Wildman–Crippen LogP) is 3.44. The number of primary amides is 1. The van der Waals surface area contributed by atoms with E-state index >= 15 is 0 Å². The highest BCUT2D eigenvalue weighted by atomic mass is 16.5. The number of rotatable bonds is 4. The van der Waals surface area contributed by atoms with Gasteiger partial charge < -0.3 is 14.8 Å². The molecule has 0 unspecified atom stereocenters. The van der Waals surface area contributed by atoms with Crippen LogP contribution in [-0.4, -0.2) is 15.6 Å². The second-order valence-electron chi connectivity index (χ2n) is 5.64. The lowest BCUT2D eigenvalue weighted by Gasteiger charge is -2.06. The Labute approximate surface area is 138 Å². The van der Waals surface area contributed by atoms with Crippen LogP contribution in [0.15, 0.2) is 71.4 Å². The minimum atomic E-state index is -0.621. The fourth-order valence-corrected chi connectivity index (χ4v) is 2.78. The van der Waals surface area contributed by atoms with Crippen molar-refractivity contribution >= 4 is 16.8 Å². The van der Waals surface area contributed by atoms with E-state index in [-0.39, 0.29) is 5.76 Å². The summed E-state index contributed by atoms with van der Waals surface area (Å²) in [6.07, 6.45) is 2.09. The van der Waals surface area contributed by atoms with E-state index in [2.05, 4.69) is 34.1 Å². The summed E-state index contributed by atoms with van der Waals surface area (Å²) < 4.78 is 7.13. The van der Waals surface area contributed by atoms with Crippen LogP contribution in [0.3, 0.4) is 0 Å². The normalized spacial score (nSPS) is 11.0. The lowest BCUT2D eigenvalue weighted by atomic mass is 10.1. The van der Waals surface area contributed by atoms with Gasteiger partial charge in [-0.25, -0.2) is 0 Å². The summed E-state index contributed by atoms with van der Waals surface area (Å²) in [6, 6.07) is 20.0. The maximum Gasteiger partial charge on any atom is 0.287 e. The molecular formula is C19H15N3O2. The molecular weight excluding hydrogens is 302 g/mol. The van der Waals surface area contributed by atoms with E-state index < -0.39 is 5.91 Å². The Bertz CT molecular complexity index is 1010. The van der Waals surface area contributed by atoms with Crippen molar-refractivity contribution in [3.8, 4) is 11.3 Å². The largest absolute Gasteiger partial charge is 0.363 e. The molecule has 0 saturated heterocycles.